The fraction of sp³-hybridized carbons (Fsp3) is 0.0455. The molecule has 0 bridgehead atoms. The molecule has 0 aromatic heterocycles. The van der Waals surface area contributed by atoms with Crippen LogP contribution < -0.4 is 0 Å². The first-order valence-electron chi connectivity index (χ1n) is 8.25. The van der Waals surface area contributed by atoms with Crippen LogP contribution in [0.1, 0.15) is 16.7 Å². The molecular formula is C22H19NO2S. The molecular weight excluding hydrogens is 342 g/mol. The second-order valence-corrected chi connectivity index (χ2v) is 7.48. The lowest BCUT2D eigenvalue weighted by molar-refractivity contribution is 0.598. The predicted octanol–water partition coefficient (Wildman–Crippen LogP) is 4.89. The lowest BCUT2D eigenvalue weighted by atomic mass is 10.1. The van der Waals surface area contributed by atoms with E-state index in [9.17, 15) is 8.42 Å². The van der Waals surface area contributed by atoms with Crippen molar-refractivity contribution in [3.63, 3.8) is 0 Å². The Morgan fingerprint density at radius 1 is 0.808 bits per heavy atom. The van der Waals surface area contributed by atoms with Gasteiger partial charge < -0.3 is 0 Å². The average molecular weight is 361 g/mol. The minimum absolute atomic E-state index is 0.185. The predicted molar refractivity (Wildman–Crippen MR) is 107 cm³/mol. The first-order chi connectivity index (χ1) is 12.5. The van der Waals surface area contributed by atoms with Crippen molar-refractivity contribution >= 4 is 21.8 Å². The SMILES string of the molecule is Cc1ccc(S(=O)(=O)/N=C(\C=C\c2ccccc2)c2ccccc2)cc1. The van der Waals surface area contributed by atoms with Crippen molar-refractivity contribution < 1.29 is 8.42 Å². The Hall–Kier alpha value is -2.98. The van der Waals surface area contributed by atoms with Gasteiger partial charge in [-0.15, -0.1) is 0 Å². The number of rotatable bonds is 5. The van der Waals surface area contributed by atoms with Crippen molar-refractivity contribution in [2.75, 3.05) is 0 Å². The monoisotopic (exact) mass is 361 g/mol. The topological polar surface area (TPSA) is 46.5 Å². The highest BCUT2D eigenvalue weighted by Crippen LogP contribution is 2.16. The van der Waals surface area contributed by atoms with Crippen molar-refractivity contribution in [2.24, 2.45) is 4.40 Å². The van der Waals surface area contributed by atoms with Crippen LogP contribution in [-0.4, -0.2) is 14.1 Å². The summed E-state index contributed by atoms with van der Waals surface area (Å²) in [6.45, 7) is 1.91. The van der Waals surface area contributed by atoms with E-state index in [0.717, 1.165) is 16.7 Å². The van der Waals surface area contributed by atoms with Crippen LogP contribution in [0.15, 0.2) is 100 Å². The molecule has 0 aliphatic carbocycles. The molecule has 0 heterocycles. The molecule has 0 radical (unpaired) electrons. The summed E-state index contributed by atoms with van der Waals surface area (Å²) in [7, 11) is -3.79. The molecule has 4 heteroatoms. The quantitative estimate of drug-likeness (QED) is 0.608. The van der Waals surface area contributed by atoms with Gasteiger partial charge in [-0.3, -0.25) is 0 Å². The van der Waals surface area contributed by atoms with Crippen LogP contribution in [0.25, 0.3) is 6.08 Å². The normalized spacial score (nSPS) is 12.4. The number of allylic oxidation sites excluding steroid dienone is 1. The van der Waals surface area contributed by atoms with E-state index in [2.05, 4.69) is 4.40 Å². The third-order valence-electron chi connectivity index (χ3n) is 3.84. The van der Waals surface area contributed by atoms with Gasteiger partial charge in [-0.2, -0.15) is 12.8 Å². The zero-order valence-electron chi connectivity index (χ0n) is 14.4. The van der Waals surface area contributed by atoms with Crippen molar-refractivity contribution in [1.82, 2.24) is 0 Å². The summed E-state index contributed by atoms with van der Waals surface area (Å²) in [6, 6.07) is 25.7. The van der Waals surface area contributed by atoms with E-state index < -0.39 is 10.0 Å². The summed E-state index contributed by atoms with van der Waals surface area (Å²) in [4.78, 5) is 0.185. The van der Waals surface area contributed by atoms with E-state index >= 15 is 0 Å². The molecule has 3 rings (SSSR count). The van der Waals surface area contributed by atoms with Gasteiger partial charge in [0.2, 0.25) is 0 Å². The molecule has 130 valence electrons. The van der Waals surface area contributed by atoms with Crippen molar-refractivity contribution in [3.05, 3.63) is 108 Å². The highest BCUT2D eigenvalue weighted by atomic mass is 32.2. The lowest BCUT2D eigenvalue weighted by Crippen LogP contribution is -2.04. The minimum atomic E-state index is -3.79. The number of benzene rings is 3. The standard InChI is InChI=1S/C22H19NO2S/c1-18-12-15-21(16-13-18)26(24,25)23-22(20-10-6-3-7-11-20)17-14-19-8-4-2-5-9-19/h2-17H,1H3/b17-14+,23-22+. The molecule has 3 aromatic carbocycles. The molecule has 0 fully saturated rings. The van der Waals surface area contributed by atoms with Gasteiger partial charge in [0.25, 0.3) is 10.0 Å². The molecule has 0 atom stereocenters. The first kappa shape index (κ1) is 17.8. The van der Waals surface area contributed by atoms with E-state index in [4.69, 9.17) is 0 Å². The third kappa shape index (κ3) is 4.55. The van der Waals surface area contributed by atoms with Crippen LogP contribution in [0.4, 0.5) is 0 Å². The molecule has 0 saturated heterocycles. The lowest BCUT2D eigenvalue weighted by Gasteiger charge is -2.04. The van der Waals surface area contributed by atoms with E-state index in [1.54, 1.807) is 30.3 Å². The molecule has 26 heavy (non-hydrogen) atoms. The van der Waals surface area contributed by atoms with Crippen LogP contribution in [0.3, 0.4) is 0 Å². The van der Waals surface area contributed by atoms with Gasteiger partial charge >= 0.3 is 0 Å². The molecule has 0 aliphatic rings. The number of hydrogen-bond donors (Lipinski definition) is 0. The van der Waals surface area contributed by atoms with Gasteiger partial charge in [0.1, 0.15) is 0 Å². The Bertz CT molecular complexity index is 1020. The van der Waals surface area contributed by atoms with Crippen LogP contribution in [0.2, 0.25) is 0 Å². The number of sulfonamides is 1. The number of hydrogen-bond acceptors (Lipinski definition) is 2. The summed E-state index contributed by atoms with van der Waals surface area (Å²) in [5.74, 6) is 0. The summed E-state index contributed by atoms with van der Waals surface area (Å²) < 4.78 is 29.5. The Balaban J connectivity index is 2.04. The average Bonchev–Trinajstić information content (AvgIpc) is 2.67. The van der Waals surface area contributed by atoms with Gasteiger partial charge in [-0.05, 0) is 30.7 Å². The second-order valence-electron chi connectivity index (χ2n) is 5.87. The summed E-state index contributed by atoms with van der Waals surface area (Å²) in [5.41, 5.74) is 3.12. The van der Waals surface area contributed by atoms with E-state index in [0.29, 0.717) is 5.71 Å². The Labute approximate surface area is 154 Å². The van der Waals surface area contributed by atoms with E-state index in [1.165, 1.54) is 0 Å². The van der Waals surface area contributed by atoms with Crippen LogP contribution in [0, 0.1) is 6.92 Å². The maximum atomic E-state index is 12.7. The molecule has 3 aromatic rings. The van der Waals surface area contributed by atoms with Crippen molar-refractivity contribution in [1.29, 1.82) is 0 Å². The molecule has 0 aliphatic heterocycles. The van der Waals surface area contributed by atoms with Crippen molar-refractivity contribution in [2.45, 2.75) is 11.8 Å². The third-order valence-corrected chi connectivity index (χ3v) is 5.15. The van der Waals surface area contributed by atoms with Crippen LogP contribution >= 0.6 is 0 Å². The molecule has 0 saturated carbocycles. The zero-order chi connectivity index (χ0) is 18.4. The maximum absolute atomic E-state index is 12.7. The number of nitrogens with zero attached hydrogens (tertiary/aromatic N) is 1. The Kier molecular flexibility index (Phi) is 5.44. The molecule has 0 unspecified atom stereocenters. The summed E-state index contributed by atoms with van der Waals surface area (Å²) in [6.07, 6.45) is 3.59. The fourth-order valence-electron chi connectivity index (χ4n) is 2.42. The summed E-state index contributed by atoms with van der Waals surface area (Å²) >= 11 is 0. The summed E-state index contributed by atoms with van der Waals surface area (Å²) in [5, 5.41) is 0. The van der Waals surface area contributed by atoms with Gasteiger partial charge in [-0.1, -0.05) is 84.4 Å². The largest absolute Gasteiger partial charge is 0.282 e. The smallest absolute Gasteiger partial charge is 0.199 e. The Morgan fingerprint density at radius 3 is 2.00 bits per heavy atom. The van der Waals surface area contributed by atoms with Gasteiger partial charge in [0.05, 0.1) is 10.6 Å². The molecule has 0 spiro atoms. The van der Waals surface area contributed by atoms with Gasteiger partial charge in [0, 0.05) is 5.56 Å². The fourth-order valence-corrected chi connectivity index (χ4v) is 3.43. The molecule has 0 N–H and O–H groups in total. The molecule has 0 amide bonds. The first-order valence-corrected chi connectivity index (χ1v) is 9.69. The van der Waals surface area contributed by atoms with Gasteiger partial charge in [0.15, 0.2) is 0 Å². The van der Waals surface area contributed by atoms with Crippen LogP contribution in [0.5, 0.6) is 0 Å². The maximum Gasteiger partial charge on any atom is 0.282 e. The van der Waals surface area contributed by atoms with Gasteiger partial charge in [-0.25, -0.2) is 0 Å². The van der Waals surface area contributed by atoms with Crippen LogP contribution in [-0.2, 0) is 10.0 Å². The highest BCUT2D eigenvalue weighted by Gasteiger charge is 2.14. The Morgan fingerprint density at radius 2 is 1.38 bits per heavy atom. The van der Waals surface area contributed by atoms with Crippen molar-refractivity contribution in [3.8, 4) is 0 Å². The second kappa shape index (κ2) is 7.93. The van der Waals surface area contributed by atoms with E-state index in [-0.39, 0.29) is 4.90 Å². The zero-order valence-corrected chi connectivity index (χ0v) is 15.2. The number of aryl methyl sites for hydroxylation is 1. The molecule has 3 nitrogen and oxygen atoms in total. The van der Waals surface area contributed by atoms with E-state index in [1.807, 2.05) is 73.7 Å². The minimum Gasteiger partial charge on any atom is -0.199 e. The highest BCUT2D eigenvalue weighted by molar-refractivity contribution is 7.90.